The summed E-state index contributed by atoms with van der Waals surface area (Å²) in [5, 5.41) is 21.4. The van der Waals surface area contributed by atoms with Gasteiger partial charge in [0.25, 0.3) is 0 Å². The van der Waals surface area contributed by atoms with Crippen molar-refractivity contribution in [1.29, 1.82) is 0 Å². The van der Waals surface area contributed by atoms with Crippen molar-refractivity contribution in [3.05, 3.63) is 0 Å². The molecule has 4 rings (SSSR count). The van der Waals surface area contributed by atoms with Crippen molar-refractivity contribution in [3.8, 4) is 0 Å². The Morgan fingerprint density at radius 1 is 1.00 bits per heavy atom. The van der Waals surface area contributed by atoms with Gasteiger partial charge in [0.1, 0.15) is 0 Å². The van der Waals surface area contributed by atoms with Gasteiger partial charge in [0, 0.05) is 12.7 Å². The largest absolute Gasteiger partial charge is 0.414 e. The van der Waals surface area contributed by atoms with Crippen LogP contribution in [0.4, 0.5) is 0 Å². The maximum absolute atomic E-state index is 11.3. The summed E-state index contributed by atoms with van der Waals surface area (Å²) in [7, 11) is -1.72. The number of aliphatic hydroxyl groups excluding tert-OH is 2. The zero-order valence-corrected chi connectivity index (χ0v) is 23.3. The molecule has 0 heterocycles. The molecule has 4 aliphatic rings. The predicted molar refractivity (Wildman–Crippen MR) is 135 cm³/mol. The van der Waals surface area contributed by atoms with E-state index in [9.17, 15) is 10.2 Å². The van der Waals surface area contributed by atoms with E-state index in [0.29, 0.717) is 35.2 Å². The van der Waals surface area contributed by atoms with Crippen LogP contribution in [0.1, 0.15) is 92.9 Å². The zero-order chi connectivity index (χ0) is 23.7. The Bertz CT molecular complexity index is 687. The van der Waals surface area contributed by atoms with E-state index >= 15 is 0 Å². The van der Waals surface area contributed by atoms with E-state index in [1.165, 1.54) is 44.9 Å². The molecule has 0 aromatic rings. The van der Waals surface area contributed by atoms with Gasteiger partial charge < -0.3 is 14.6 Å². The van der Waals surface area contributed by atoms with Gasteiger partial charge in [-0.1, -0.05) is 41.5 Å². The van der Waals surface area contributed by atoms with Crippen LogP contribution in [0.3, 0.4) is 0 Å². The van der Waals surface area contributed by atoms with Crippen LogP contribution in [0.15, 0.2) is 0 Å². The monoisotopic (exact) mass is 464 g/mol. The molecule has 0 aromatic heterocycles. The lowest BCUT2D eigenvalue weighted by Gasteiger charge is -2.62. The number of aliphatic hydroxyl groups is 2. The van der Waals surface area contributed by atoms with Crippen molar-refractivity contribution >= 4 is 8.32 Å². The fourth-order valence-electron chi connectivity index (χ4n) is 9.04. The lowest BCUT2D eigenvalue weighted by atomic mass is 9.44. The molecule has 3 nitrogen and oxygen atoms in total. The van der Waals surface area contributed by atoms with Gasteiger partial charge in [-0.05, 0) is 116 Å². The van der Waals surface area contributed by atoms with Gasteiger partial charge in [0.15, 0.2) is 8.32 Å². The molecular formula is C28H52O3Si. The molecular weight excluding hydrogens is 412 g/mol. The van der Waals surface area contributed by atoms with Crippen LogP contribution in [0, 0.1) is 46.3 Å². The number of fused-ring (bicyclic) bond motifs is 5. The summed E-state index contributed by atoms with van der Waals surface area (Å²) in [5.74, 6) is 3.39. The van der Waals surface area contributed by atoms with Crippen molar-refractivity contribution in [2.45, 2.75) is 123 Å². The maximum atomic E-state index is 11.3. The molecule has 4 aliphatic carbocycles. The van der Waals surface area contributed by atoms with Gasteiger partial charge in [-0.3, -0.25) is 0 Å². The molecule has 0 saturated heterocycles. The minimum atomic E-state index is -1.72. The fraction of sp³-hybridized carbons (Fsp3) is 1.00. The second kappa shape index (κ2) is 8.35. The van der Waals surface area contributed by atoms with E-state index in [-0.39, 0.29) is 23.2 Å². The van der Waals surface area contributed by atoms with Crippen molar-refractivity contribution in [2.24, 2.45) is 46.3 Å². The van der Waals surface area contributed by atoms with Crippen LogP contribution in [-0.4, -0.2) is 37.3 Å². The number of rotatable bonds is 4. The summed E-state index contributed by atoms with van der Waals surface area (Å²) in [5.41, 5.74) is 0.618. The van der Waals surface area contributed by atoms with E-state index in [1.807, 2.05) is 0 Å². The predicted octanol–water partition coefficient (Wildman–Crippen LogP) is 6.63. The van der Waals surface area contributed by atoms with Crippen molar-refractivity contribution in [3.63, 3.8) is 0 Å². The third-order valence-corrected chi connectivity index (χ3v) is 16.4. The highest BCUT2D eigenvalue weighted by Crippen LogP contribution is 2.68. The minimum Gasteiger partial charge on any atom is -0.414 e. The van der Waals surface area contributed by atoms with Crippen molar-refractivity contribution < 1.29 is 14.6 Å². The molecule has 186 valence electrons. The molecule has 32 heavy (non-hydrogen) atoms. The van der Waals surface area contributed by atoms with Crippen LogP contribution < -0.4 is 0 Å². The lowest BCUT2D eigenvalue weighted by Crippen LogP contribution is -2.56. The third-order valence-electron chi connectivity index (χ3n) is 11.9. The first-order chi connectivity index (χ1) is 14.7. The van der Waals surface area contributed by atoms with Gasteiger partial charge >= 0.3 is 0 Å². The van der Waals surface area contributed by atoms with Crippen LogP contribution in [0.2, 0.25) is 18.1 Å². The van der Waals surface area contributed by atoms with E-state index in [2.05, 4.69) is 54.6 Å². The highest BCUT2D eigenvalue weighted by atomic mass is 28.4. The van der Waals surface area contributed by atoms with Crippen molar-refractivity contribution in [2.75, 3.05) is 6.61 Å². The Morgan fingerprint density at radius 3 is 2.28 bits per heavy atom. The molecule has 0 radical (unpaired) electrons. The Balaban J connectivity index is 1.50. The third kappa shape index (κ3) is 3.87. The molecule has 0 unspecified atom stereocenters. The Kier molecular flexibility index (Phi) is 6.57. The van der Waals surface area contributed by atoms with Gasteiger partial charge in [-0.25, -0.2) is 0 Å². The first-order valence-electron chi connectivity index (χ1n) is 13.7. The van der Waals surface area contributed by atoms with Crippen LogP contribution in [0.5, 0.6) is 0 Å². The first kappa shape index (κ1) is 25.2. The first-order valence-corrected chi connectivity index (χ1v) is 16.6. The van der Waals surface area contributed by atoms with Gasteiger partial charge in [0.05, 0.1) is 6.10 Å². The summed E-state index contributed by atoms with van der Waals surface area (Å²) < 4.78 is 6.90. The van der Waals surface area contributed by atoms with Crippen LogP contribution >= 0.6 is 0 Å². The SMILES string of the molecule is C[C@@H](CO)[C@H]1C[C@H](O)[C@H]2[C@@H]3CC[C@H]4C[C@@H](O[Si](C)(C)C(C)(C)C)CC[C@]4(C)[C@H]3CC[C@@]21C. The molecule has 10 atom stereocenters. The Morgan fingerprint density at radius 2 is 1.66 bits per heavy atom. The van der Waals surface area contributed by atoms with Crippen molar-refractivity contribution in [1.82, 2.24) is 0 Å². The lowest BCUT2D eigenvalue weighted by molar-refractivity contribution is -0.141. The molecule has 0 aliphatic heterocycles. The molecule has 4 heteroatoms. The average molecular weight is 465 g/mol. The summed E-state index contributed by atoms with van der Waals surface area (Å²) in [6.45, 7) is 19.4. The Labute approximate surface area is 199 Å². The molecule has 0 bridgehead atoms. The van der Waals surface area contributed by atoms with E-state index in [4.69, 9.17) is 4.43 Å². The van der Waals surface area contributed by atoms with E-state index in [1.54, 1.807) is 0 Å². The number of hydrogen-bond acceptors (Lipinski definition) is 3. The normalized spacial score (nSPS) is 48.0. The molecule has 4 saturated carbocycles. The van der Waals surface area contributed by atoms with Gasteiger partial charge in [-0.15, -0.1) is 0 Å². The maximum Gasteiger partial charge on any atom is 0.192 e. The van der Waals surface area contributed by atoms with Crippen LogP contribution in [0.25, 0.3) is 0 Å². The molecule has 4 fully saturated rings. The Hall–Kier alpha value is 0.0969. The summed E-state index contributed by atoms with van der Waals surface area (Å²) >= 11 is 0. The second-order valence-electron chi connectivity index (χ2n) is 14.5. The van der Waals surface area contributed by atoms with E-state index in [0.717, 1.165) is 18.3 Å². The molecule has 0 amide bonds. The standard InChI is InChI=1S/C28H52O3Si/c1-18(17-29)23-16-24(30)25-21-10-9-19-15-20(31-32(7,8)26(2,3)4)11-13-27(19,5)22(21)12-14-28(23,25)6/h18-25,29-30H,9-17H2,1-8H3/t18-,19-,20-,21+,22-,23+,24-,25+,27-,28+/m0/s1. The fourth-order valence-corrected chi connectivity index (χ4v) is 10.4. The highest BCUT2D eigenvalue weighted by molar-refractivity contribution is 6.74. The molecule has 0 spiro atoms. The number of hydrogen-bond donors (Lipinski definition) is 2. The average Bonchev–Trinajstić information content (AvgIpc) is 2.97. The molecule has 0 aromatic carbocycles. The minimum absolute atomic E-state index is 0.176. The zero-order valence-electron chi connectivity index (χ0n) is 22.3. The quantitative estimate of drug-likeness (QED) is 0.459. The highest BCUT2D eigenvalue weighted by Gasteiger charge is 2.63. The van der Waals surface area contributed by atoms with Gasteiger partial charge in [-0.2, -0.15) is 0 Å². The molecule has 2 N–H and O–H groups in total. The smallest absolute Gasteiger partial charge is 0.192 e. The van der Waals surface area contributed by atoms with E-state index < -0.39 is 8.32 Å². The van der Waals surface area contributed by atoms with Crippen LogP contribution in [-0.2, 0) is 4.43 Å². The second-order valence-corrected chi connectivity index (χ2v) is 19.2. The van der Waals surface area contributed by atoms with Gasteiger partial charge in [0.2, 0.25) is 0 Å². The summed E-state index contributed by atoms with van der Waals surface area (Å²) in [4.78, 5) is 0. The topological polar surface area (TPSA) is 49.7 Å². The summed E-state index contributed by atoms with van der Waals surface area (Å²) in [6, 6.07) is 0. The summed E-state index contributed by atoms with van der Waals surface area (Å²) in [6.07, 6.45) is 10.1.